The highest BCUT2D eigenvalue weighted by Crippen LogP contribution is 2.15. The van der Waals surface area contributed by atoms with Gasteiger partial charge in [0.2, 0.25) is 11.1 Å². The molecule has 1 unspecified atom stereocenters. The van der Waals surface area contributed by atoms with Crippen molar-refractivity contribution in [3.8, 4) is 5.88 Å². The zero-order chi connectivity index (χ0) is 11.3. The minimum atomic E-state index is -0.636. The Kier molecular flexibility index (Phi) is 4.71. The summed E-state index contributed by atoms with van der Waals surface area (Å²) in [6.07, 6.45) is 0.684. The van der Waals surface area contributed by atoms with Crippen molar-refractivity contribution in [2.45, 2.75) is 20.0 Å². The zero-order valence-electron chi connectivity index (χ0n) is 8.54. The van der Waals surface area contributed by atoms with Gasteiger partial charge < -0.3 is 9.47 Å². The van der Waals surface area contributed by atoms with Crippen LogP contribution in [-0.2, 0) is 4.74 Å². The summed E-state index contributed by atoms with van der Waals surface area (Å²) >= 11 is 5.50. The highest BCUT2D eigenvalue weighted by Gasteiger charge is 2.11. The molecule has 1 rings (SSSR count). The topological polar surface area (TPSA) is 44.2 Å². The lowest BCUT2D eigenvalue weighted by atomic mass is 10.4. The number of rotatable bonds is 5. The Hall–Kier alpha value is -0.940. The minimum absolute atomic E-state index is 0.0463. The molecule has 0 saturated heterocycles. The first-order chi connectivity index (χ1) is 7.13. The quantitative estimate of drug-likeness (QED) is 0.732. The normalized spacial score (nSPS) is 12.5. The molecule has 6 heteroatoms. The first-order valence-corrected chi connectivity index (χ1v) is 4.93. The number of hydrogen-bond donors (Lipinski definition) is 0. The maximum atomic E-state index is 13.1. The van der Waals surface area contributed by atoms with Gasteiger partial charge in [-0.1, -0.05) is 0 Å². The largest absolute Gasteiger partial charge is 0.470 e. The van der Waals surface area contributed by atoms with Crippen LogP contribution >= 0.6 is 11.6 Å². The first-order valence-electron chi connectivity index (χ1n) is 4.56. The second kappa shape index (κ2) is 5.82. The third-order valence-corrected chi connectivity index (χ3v) is 1.73. The fraction of sp³-hybridized carbons (Fsp3) is 0.556. The van der Waals surface area contributed by atoms with Gasteiger partial charge in [-0.3, -0.25) is 0 Å². The highest BCUT2D eigenvalue weighted by molar-refractivity contribution is 6.28. The Morgan fingerprint density at radius 3 is 3.00 bits per heavy atom. The lowest BCUT2D eigenvalue weighted by molar-refractivity contribution is 0.0609. The standard InChI is InChI=1S/C9H12ClFN2O2/c1-3-14-5-6(2)15-8-7(11)4-12-9(10)13-8/h4,6H,3,5H2,1-2H3. The van der Waals surface area contributed by atoms with Crippen molar-refractivity contribution in [2.24, 2.45) is 0 Å². The van der Waals surface area contributed by atoms with E-state index in [1.807, 2.05) is 6.92 Å². The predicted molar refractivity (Wildman–Crippen MR) is 53.6 cm³/mol. The fourth-order valence-electron chi connectivity index (χ4n) is 0.922. The number of aromatic nitrogens is 2. The van der Waals surface area contributed by atoms with Crippen LogP contribution in [0.1, 0.15) is 13.8 Å². The monoisotopic (exact) mass is 234 g/mol. The maximum Gasteiger partial charge on any atom is 0.255 e. The van der Waals surface area contributed by atoms with E-state index < -0.39 is 5.82 Å². The van der Waals surface area contributed by atoms with Gasteiger partial charge in [0.25, 0.3) is 5.88 Å². The molecule has 0 radical (unpaired) electrons. The fourth-order valence-corrected chi connectivity index (χ4v) is 1.05. The van der Waals surface area contributed by atoms with Gasteiger partial charge in [0, 0.05) is 6.61 Å². The van der Waals surface area contributed by atoms with Gasteiger partial charge in [-0.25, -0.2) is 4.98 Å². The summed E-state index contributed by atoms with van der Waals surface area (Å²) in [4.78, 5) is 7.10. The molecule has 4 nitrogen and oxygen atoms in total. The van der Waals surface area contributed by atoms with E-state index in [9.17, 15) is 4.39 Å². The van der Waals surface area contributed by atoms with Crippen LogP contribution in [0.25, 0.3) is 0 Å². The van der Waals surface area contributed by atoms with Crippen molar-refractivity contribution in [3.05, 3.63) is 17.3 Å². The van der Waals surface area contributed by atoms with Crippen LogP contribution in [0.4, 0.5) is 4.39 Å². The van der Waals surface area contributed by atoms with Crippen LogP contribution in [0.2, 0.25) is 5.28 Å². The summed E-state index contributed by atoms with van der Waals surface area (Å²) in [5, 5.41) is -0.0463. The third kappa shape index (κ3) is 3.97. The number of halogens is 2. The van der Waals surface area contributed by atoms with Crippen LogP contribution in [0.15, 0.2) is 6.20 Å². The lowest BCUT2D eigenvalue weighted by Crippen LogP contribution is -2.20. The molecule has 0 aromatic carbocycles. The molecule has 0 N–H and O–H groups in total. The van der Waals surface area contributed by atoms with Gasteiger partial charge >= 0.3 is 0 Å². The van der Waals surface area contributed by atoms with Gasteiger partial charge in [0.1, 0.15) is 6.10 Å². The Morgan fingerprint density at radius 2 is 2.33 bits per heavy atom. The summed E-state index contributed by atoms with van der Waals surface area (Å²) in [5.74, 6) is -0.787. The average molecular weight is 235 g/mol. The lowest BCUT2D eigenvalue weighted by Gasteiger charge is -2.13. The van der Waals surface area contributed by atoms with Gasteiger partial charge in [0.15, 0.2) is 0 Å². The van der Waals surface area contributed by atoms with Crippen molar-refractivity contribution >= 4 is 11.6 Å². The number of ether oxygens (including phenoxy) is 2. The molecule has 0 aliphatic carbocycles. The summed E-state index contributed by atoms with van der Waals surface area (Å²) in [7, 11) is 0. The van der Waals surface area contributed by atoms with Crippen LogP contribution in [0.3, 0.4) is 0 Å². The van der Waals surface area contributed by atoms with Gasteiger partial charge in [-0.05, 0) is 25.4 Å². The van der Waals surface area contributed by atoms with Crippen molar-refractivity contribution in [3.63, 3.8) is 0 Å². The van der Waals surface area contributed by atoms with Gasteiger partial charge in [-0.2, -0.15) is 9.37 Å². The molecule has 0 spiro atoms. The number of nitrogens with zero attached hydrogens (tertiary/aromatic N) is 2. The van der Waals surface area contributed by atoms with E-state index in [2.05, 4.69) is 9.97 Å². The van der Waals surface area contributed by atoms with Crippen molar-refractivity contribution < 1.29 is 13.9 Å². The Bertz CT molecular complexity index is 325. The van der Waals surface area contributed by atoms with Crippen LogP contribution in [0.5, 0.6) is 5.88 Å². The Morgan fingerprint density at radius 1 is 1.60 bits per heavy atom. The van der Waals surface area contributed by atoms with E-state index in [0.29, 0.717) is 13.2 Å². The Balaban J connectivity index is 2.59. The smallest absolute Gasteiger partial charge is 0.255 e. The minimum Gasteiger partial charge on any atom is -0.470 e. The van der Waals surface area contributed by atoms with Gasteiger partial charge in [-0.15, -0.1) is 0 Å². The van der Waals surface area contributed by atoms with E-state index in [1.54, 1.807) is 6.92 Å². The van der Waals surface area contributed by atoms with E-state index in [1.165, 1.54) is 0 Å². The third-order valence-electron chi connectivity index (χ3n) is 1.55. The molecular formula is C9H12ClFN2O2. The van der Waals surface area contributed by atoms with Crippen molar-refractivity contribution in [2.75, 3.05) is 13.2 Å². The van der Waals surface area contributed by atoms with E-state index in [-0.39, 0.29) is 17.3 Å². The maximum absolute atomic E-state index is 13.1. The van der Waals surface area contributed by atoms with Crippen molar-refractivity contribution in [1.82, 2.24) is 9.97 Å². The molecule has 0 aliphatic rings. The second-order valence-corrected chi connectivity index (χ2v) is 3.22. The molecule has 84 valence electrons. The first kappa shape index (κ1) is 12.1. The van der Waals surface area contributed by atoms with Crippen LogP contribution in [-0.4, -0.2) is 29.3 Å². The van der Waals surface area contributed by atoms with Gasteiger partial charge in [0.05, 0.1) is 12.8 Å². The zero-order valence-corrected chi connectivity index (χ0v) is 9.29. The molecule has 1 atom stereocenters. The molecular weight excluding hydrogens is 223 g/mol. The molecule has 0 bridgehead atoms. The molecule has 0 saturated carbocycles. The SMILES string of the molecule is CCOCC(C)Oc1nc(Cl)ncc1F. The van der Waals surface area contributed by atoms with Crippen LogP contribution < -0.4 is 4.74 Å². The van der Waals surface area contributed by atoms with E-state index in [0.717, 1.165) is 6.20 Å². The molecule has 1 aromatic rings. The molecule has 0 amide bonds. The summed E-state index contributed by atoms with van der Waals surface area (Å²) in [6.45, 7) is 4.58. The summed E-state index contributed by atoms with van der Waals surface area (Å²) in [6, 6.07) is 0. The summed E-state index contributed by atoms with van der Waals surface area (Å²) < 4.78 is 23.4. The van der Waals surface area contributed by atoms with Crippen LogP contribution in [0, 0.1) is 5.82 Å². The molecule has 1 aromatic heterocycles. The van der Waals surface area contributed by atoms with E-state index in [4.69, 9.17) is 21.1 Å². The molecule has 0 aliphatic heterocycles. The summed E-state index contributed by atoms with van der Waals surface area (Å²) in [5.41, 5.74) is 0. The molecule has 15 heavy (non-hydrogen) atoms. The second-order valence-electron chi connectivity index (χ2n) is 2.88. The molecule has 1 heterocycles. The Labute approximate surface area is 92.4 Å². The molecule has 0 fully saturated rings. The predicted octanol–water partition coefficient (Wildman–Crippen LogP) is 2.07. The average Bonchev–Trinajstić information content (AvgIpc) is 2.20. The highest BCUT2D eigenvalue weighted by atomic mass is 35.5. The van der Waals surface area contributed by atoms with E-state index >= 15 is 0 Å². The number of hydrogen-bond acceptors (Lipinski definition) is 4. The van der Waals surface area contributed by atoms with Crippen molar-refractivity contribution in [1.29, 1.82) is 0 Å².